The fraction of sp³-hybridized carbons (Fsp3) is 0.636. The molecule has 1 N–H and O–H groups in total. The molecule has 4 fully saturated rings. The molecule has 1 amide bonds. The van der Waals surface area contributed by atoms with Crippen LogP contribution in [0.2, 0.25) is 0 Å². The second-order valence-corrected chi connectivity index (χ2v) is 9.50. The Bertz CT molecular complexity index is 949. The molecule has 8 nitrogen and oxygen atoms in total. The number of carbonyl (C=O) groups is 2. The van der Waals surface area contributed by atoms with E-state index in [1.165, 1.54) is 50.5 Å². The number of benzene rings is 1. The van der Waals surface area contributed by atoms with Gasteiger partial charge in [0.15, 0.2) is 6.61 Å². The van der Waals surface area contributed by atoms with Gasteiger partial charge in [-0.1, -0.05) is 4.85 Å². The molecular weight excluding hydrogens is 384 g/mol. The smallest absolute Gasteiger partial charge is 0.337 e. The van der Waals surface area contributed by atoms with E-state index in [1.807, 2.05) is 0 Å². The summed E-state index contributed by atoms with van der Waals surface area (Å²) in [5, 5.41) is 11.1. The third kappa shape index (κ3) is 3.32. The summed E-state index contributed by atoms with van der Waals surface area (Å²) >= 11 is 0. The lowest BCUT2D eigenvalue weighted by Gasteiger charge is -2.59. The molecule has 0 spiro atoms. The van der Waals surface area contributed by atoms with Crippen molar-refractivity contribution in [3.05, 3.63) is 23.8 Å². The average Bonchev–Trinajstić information content (AvgIpc) is 3.13. The van der Waals surface area contributed by atoms with Crippen LogP contribution in [0.15, 0.2) is 18.2 Å². The minimum Gasteiger partial charge on any atom is -0.465 e. The van der Waals surface area contributed by atoms with Crippen LogP contribution < -0.4 is 10.2 Å². The number of ether oxygens (including phenoxy) is 1. The molecule has 2 aromatic rings. The summed E-state index contributed by atoms with van der Waals surface area (Å²) in [5.74, 6) is 1.92. The van der Waals surface area contributed by atoms with Crippen LogP contribution in [0.1, 0.15) is 55.8 Å². The zero-order chi connectivity index (χ0) is 20.9. The van der Waals surface area contributed by atoms with Crippen LogP contribution in [0.4, 0.5) is 0 Å². The Hall–Kier alpha value is -2.64. The quantitative estimate of drug-likeness (QED) is 0.732. The molecule has 160 valence electrons. The van der Waals surface area contributed by atoms with E-state index in [2.05, 4.69) is 22.6 Å². The van der Waals surface area contributed by atoms with E-state index in [4.69, 9.17) is 9.57 Å². The van der Waals surface area contributed by atoms with Crippen molar-refractivity contribution in [2.24, 2.45) is 23.2 Å². The highest BCUT2D eigenvalue weighted by Gasteiger charge is 2.53. The van der Waals surface area contributed by atoms with Gasteiger partial charge in [0.25, 0.3) is 5.91 Å². The van der Waals surface area contributed by atoms with Gasteiger partial charge in [-0.2, -0.15) is 0 Å². The lowest BCUT2D eigenvalue weighted by molar-refractivity contribution is -0.130. The second kappa shape index (κ2) is 7.25. The van der Waals surface area contributed by atoms with Gasteiger partial charge in [-0.3, -0.25) is 4.79 Å². The van der Waals surface area contributed by atoms with Gasteiger partial charge < -0.3 is 14.9 Å². The molecule has 1 atom stereocenters. The van der Waals surface area contributed by atoms with Crippen molar-refractivity contribution in [3.8, 4) is 0 Å². The van der Waals surface area contributed by atoms with Gasteiger partial charge in [-0.15, -0.1) is 5.10 Å². The van der Waals surface area contributed by atoms with Crippen LogP contribution in [0, 0.1) is 23.2 Å². The van der Waals surface area contributed by atoms with E-state index < -0.39 is 5.97 Å². The maximum absolute atomic E-state index is 12.6. The van der Waals surface area contributed by atoms with Crippen LogP contribution in [0.5, 0.6) is 0 Å². The van der Waals surface area contributed by atoms with Crippen LogP contribution in [-0.2, 0) is 9.53 Å². The molecule has 0 saturated heterocycles. The zero-order valence-corrected chi connectivity index (χ0v) is 17.5. The first-order valence-corrected chi connectivity index (χ1v) is 10.8. The molecule has 8 heteroatoms. The summed E-state index contributed by atoms with van der Waals surface area (Å²) in [5.41, 5.74) is 1.71. The maximum Gasteiger partial charge on any atom is 0.337 e. The van der Waals surface area contributed by atoms with Gasteiger partial charge in [0.1, 0.15) is 11.0 Å². The number of methoxy groups -OCH3 is 1. The van der Waals surface area contributed by atoms with Crippen molar-refractivity contribution >= 4 is 22.9 Å². The fourth-order valence-corrected chi connectivity index (χ4v) is 6.50. The normalized spacial score (nSPS) is 30.3. The number of carbonyl (C=O) groups excluding carboxylic acids is 2. The lowest BCUT2D eigenvalue weighted by Crippen LogP contribution is -2.56. The third-order valence-corrected chi connectivity index (χ3v) is 7.54. The number of nitrogens with one attached hydrogen (secondary N) is 1. The minimum absolute atomic E-state index is 0.139. The van der Waals surface area contributed by atoms with Crippen molar-refractivity contribution in [1.82, 2.24) is 20.5 Å². The number of esters is 1. The van der Waals surface area contributed by atoms with Crippen LogP contribution in [0.25, 0.3) is 11.0 Å². The van der Waals surface area contributed by atoms with Crippen LogP contribution in [0.3, 0.4) is 0 Å². The van der Waals surface area contributed by atoms with Gasteiger partial charge in [-0.25, -0.2) is 4.79 Å². The summed E-state index contributed by atoms with van der Waals surface area (Å²) in [4.78, 5) is 31.2. The largest absolute Gasteiger partial charge is 0.465 e. The predicted molar refractivity (Wildman–Crippen MR) is 109 cm³/mol. The zero-order valence-electron chi connectivity index (χ0n) is 17.5. The summed E-state index contributed by atoms with van der Waals surface area (Å²) < 4.78 is 4.75. The number of amides is 1. The van der Waals surface area contributed by atoms with E-state index in [9.17, 15) is 9.59 Å². The van der Waals surface area contributed by atoms with Gasteiger partial charge >= 0.3 is 5.97 Å². The Morgan fingerprint density at radius 1 is 1.20 bits per heavy atom. The number of nitrogens with zero attached hydrogens (tertiary/aromatic N) is 3. The molecule has 6 rings (SSSR count). The highest BCUT2D eigenvalue weighted by atomic mass is 16.7. The molecule has 4 saturated carbocycles. The van der Waals surface area contributed by atoms with E-state index in [0.717, 1.165) is 17.8 Å². The summed E-state index contributed by atoms with van der Waals surface area (Å²) in [7, 11) is 1.33. The van der Waals surface area contributed by atoms with Gasteiger partial charge in [0.2, 0.25) is 0 Å². The van der Waals surface area contributed by atoms with E-state index in [0.29, 0.717) is 16.6 Å². The van der Waals surface area contributed by atoms with Crippen molar-refractivity contribution in [1.29, 1.82) is 0 Å². The molecule has 0 aliphatic heterocycles. The highest BCUT2D eigenvalue weighted by molar-refractivity contribution is 5.93. The van der Waals surface area contributed by atoms with Crippen LogP contribution in [-0.4, -0.2) is 46.8 Å². The molecule has 4 aliphatic rings. The Balaban J connectivity index is 1.23. The lowest BCUT2D eigenvalue weighted by atomic mass is 9.48. The number of hydrogen-bond donors (Lipinski definition) is 1. The maximum atomic E-state index is 12.6. The Labute approximate surface area is 175 Å². The van der Waals surface area contributed by atoms with Gasteiger partial charge in [0.05, 0.1) is 12.7 Å². The predicted octanol–water partition coefficient (Wildman–Crippen LogP) is 2.37. The number of rotatable bonds is 6. The molecule has 0 unspecified atom stereocenters. The monoisotopic (exact) mass is 412 g/mol. The van der Waals surface area contributed by atoms with E-state index in [1.54, 1.807) is 18.2 Å². The Morgan fingerprint density at radius 3 is 2.50 bits per heavy atom. The average molecular weight is 412 g/mol. The SMILES string of the molecule is COC(=O)c1ccc2nnn(OCC(=O)N[C@@H](C)C34CC5CC(CC(C5)C3)C4)c2c1. The standard InChI is InChI=1S/C22H28N4O4/c1-13(22-9-14-5-15(10-22)7-16(6-14)11-22)23-20(27)12-30-26-19-8-17(21(28)29-2)3-4-18(19)24-25-26/h3-4,8,13-16H,5-7,9-12H2,1-2H3,(H,23,27)/t13-,14?,15?,16?,22?/m0/s1. The van der Waals surface area contributed by atoms with Gasteiger partial charge in [0, 0.05) is 6.04 Å². The molecule has 30 heavy (non-hydrogen) atoms. The van der Waals surface area contributed by atoms with Crippen molar-refractivity contribution < 1.29 is 19.2 Å². The molecule has 4 aliphatic carbocycles. The third-order valence-electron chi connectivity index (χ3n) is 7.54. The fourth-order valence-electron chi connectivity index (χ4n) is 6.50. The molecular formula is C22H28N4O4. The summed E-state index contributed by atoms with van der Waals surface area (Å²) in [6.45, 7) is 2.00. The first-order chi connectivity index (χ1) is 14.5. The molecule has 1 aromatic carbocycles. The number of aromatic nitrogens is 3. The molecule has 1 heterocycles. The molecule has 4 bridgehead atoms. The first-order valence-electron chi connectivity index (χ1n) is 10.8. The molecule has 1 aromatic heterocycles. The Morgan fingerprint density at radius 2 is 1.87 bits per heavy atom. The van der Waals surface area contributed by atoms with Crippen molar-refractivity contribution in [2.75, 3.05) is 13.7 Å². The van der Waals surface area contributed by atoms with E-state index in [-0.39, 0.29) is 24.0 Å². The van der Waals surface area contributed by atoms with E-state index >= 15 is 0 Å². The molecule has 0 radical (unpaired) electrons. The van der Waals surface area contributed by atoms with Crippen molar-refractivity contribution in [2.45, 2.75) is 51.5 Å². The van der Waals surface area contributed by atoms with Gasteiger partial charge in [-0.05, 0) is 92.0 Å². The minimum atomic E-state index is -0.452. The topological polar surface area (TPSA) is 95.3 Å². The number of hydrogen-bond acceptors (Lipinski definition) is 6. The highest BCUT2D eigenvalue weighted by Crippen LogP contribution is 2.61. The van der Waals surface area contributed by atoms with Crippen LogP contribution >= 0.6 is 0 Å². The first kappa shape index (κ1) is 19.3. The summed E-state index contributed by atoms with van der Waals surface area (Å²) in [6, 6.07) is 5.02. The van der Waals surface area contributed by atoms with Crippen molar-refractivity contribution in [3.63, 3.8) is 0 Å². The Kier molecular flexibility index (Phi) is 4.67. The second-order valence-electron chi connectivity index (χ2n) is 9.50. The number of fused-ring (bicyclic) bond motifs is 1. The summed E-state index contributed by atoms with van der Waals surface area (Å²) in [6.07, 6.45) is 7.88.